The molecule has 1 aromatic rings. The van der Waals surface area contributed by atoms with Crippen molar-refractivity contribution in [1.82, 2.24) is 4.98 Å². The van der Waals surface area contributed by atoms with Gasteiger partial charge in [-0.3, -0.25) is 0 Å². The van der Waals surface area contributed by atoms with E-state index in [2.05, 4.69) is 31.1 Å². The second-order valence-electron chi connectivity index (χ2n) is 6.13. The summed E-state index contributed by atoms with van der Waals surface area (Å²) in [6, 6.07) is 1.72. The fourth-order valence-corrected chi connectivity index (χ4v) is 2.23. The molecule has 0 aliphatic heterocycles. The highest BCUT2D eigenvalue weighted by Gasteiger charge is 2.20. The number of carboxylic acid groups (broad SMARTS) is 1. The van der Waals surface area contributed by atoms with Crippen LogP contribution in [0, 0.1) is 12.3 Å². The maximum Gasteiger partial charge on any atom is 0.339 e. The van der Waals surface area contributed by atoms with Crippen molar-refractivity contribution >= 4 is 11.8 Å². The third kappa shape index (κ3) is 4.83. The topological polar surface area (TPSA) is 62.2 Å². The van der Waals surface area contributed by atoms with E-state index in [9.17, 15) is 9.90 Å². The first-order valence-electron chi connectivity index (χ1n) is 7.30. The van der Waals surface area contributed by atoms with Crippen molar-refractivity contribution in [2.45, 2.75) is 53.4 Å². The van der Waals surface area contributed by atoms with E-state index in [1.807, 2.05) is 0 Å². The van der Waals surface area contributed by atoms with E-state index < -0.39 is 5.97 Å². The number of hydrogen-bond acceptors (Lipinski definition) is 3. The van der Waals surface area contributed by atoms with Gasteiger partial charge in [0.25, 0.3) is 0 Å². The van der Waals surface area contributed by atoms with Crippen LogP contribution in [-0.4, -0.2) is 22.6 Å². The van der Waals surface area contributed by atoms with Gasteiger partial charge in [0.1, 0.15) is 11.4 Å². The summed E-state index contributed by atoms with van der Waals surface area (Å²) < 4.78 is 0. The molecule has 0 unspecified atom stereocenters. The normalized spacial score (nSPS) is 11.4. The number of rotatable bonds is 8. The van der Waals surface area contributed by atoms with E-state index in [0.29, 0.717) is 5.82 Å². The standard InChI is InChI=1S/C16H26N2O2/c1-5-6-7-9-16(3,4)11-18-14-13(15(19)20)12(2)8-10-17-14/h8,10H,5-7,9,11H2,1-4H3,(H,17,18)(H,19,20). The molecule has 112 valence electrons. The second kappa shape index (κ2) is 7.27. The van der Waals surface area contributed by atoms with Gasteiger partial charge in [0.05, 0.1) is 0 Å². The molecule has 1 rings (SSSR count). The molecular weight excluding hydrogens is 252 g/mol. The average Bonchev–Trinajstić information content (AvgIpc) is 2.36. The molecule has 0 aromatic carbocycles. The maximum absolute atomic E-state index is 11.3. The number of carbonyl (C=O) groups is 1. The molecule has 20 heavy (non-hydrogen) atoms. The van der Waals surface area contributed by atoms with Gasteiger partial charge >= 0.3 is 5.97 Å². The third-order valence-corrected chi connectivity index (χ3v) is 3.56. The predicted octanol–water partition coefficient (Wildman–Crippen LogP) is 4.11. The van der Waals surface area contributed by atoms with Gasteiger partial charge in [-0.1, -0.05) is 40.0 Å². The van der Waals surface area contributed by atoms with Crippen LogP contribution in [-0.2, 0) is 0 Å². The van der Waals surface area contributed by atoms with Gasteiger partial charge in [-0.25, -0.2) is 9.78 Å². The quantitative estimate of drug-likeness (QED) is 0.703. The van der Waals surface area contributed by atoms with Crippen LogP contribution in [0.5, 0.6) is 0 Å². The van der Waals surface area contributed by atoms with E-state index in [-0.39, 0.29) is 11.0 Å². The molecular formula is C16H26N2O2. The van der Waals surface area contributed by atoms with E-state index in [1.54, 1.807) is 19.2 Å². The van der Waals surface area contributed by atoms with Gasteiger partial charge in [-0.2, -0.15) is 0 Å². The fourth-order valence-electron chi connectivity index (χ4n) is 2.23. The molecule has 0 bridgehead atoms. The third-order valence-electron chi connectivity index (χ3n) is 3.56. The second-order valence-corrected chi connectivity index (χ2v) is 6.13. The summed E-state index contributed by atoms with van der Waals surface area (Å²) in [5, 5.41) is 12.5. The molecule has 0 amide bonds. The van der Waals surface area contributed by atoms with Crippen LogP contribution < -0.4 is 5.32 Å². The lowest BCUT2D eigenvalue weighted by molar-refractivity contribution is 0.0696. The highest BCUT2D eigenvalue weighted by atomic mass is 16.4. The molecule has 0 saturated heterocycles. The molecule has 2 N–H and O–H groups in total. The molecule has 0 spiro atoms. The number of anilines is 1. The number of carboxylic acids is 1. The monoisotopic (exact) mass is 278 g/mol. The number of aromatic carboxylic acids is 1. The van der Waals surface area contributed by atoms with Crippen LogP contribution in [0.4, 0.5) is 5.82 Å². The Kier molecular flexibility index (Phi) is 5.99. The average molecular weight is 278 g/mol. The number of aromatic nitrogens is 1. The van der Waals surface area contributed by atoms with Gasteiger partial charge in [-0.15, -0.1) is 0 Å². The SMILES string of the molecule is CCCCCC(C)(C)CNc1nccc(C)c1C(=O)O. The van der Waals surface area contributed by atoms with Crippen molar-refractivity contribution in [3.8, 4) is 0 Å². The summed E-state index contributed by atoms with van der Waals surface area (Å²) in [5.41, 5.74) is 1.15. The Labute approximate surface area is 121 Å². The predicted molar refractivity (Wildman–Crippen MR) is 82.3 cm³/mol. The summed E-state index contributed by atoms with van der Waals surface area (Å²) in [7, 11) is 0. The Morgan fingerprint density at radius 2 is 2.10 bits per heavy atom. The van der Waals surface area contributed by atoms with Gasteiger partial charge in [0.15, 0.2) is 0 Å². The van der Waals surface area contributed by atoms with E-state index in [0.717, 1.165) is 18.5 Å². The van der Waals surface area contributed by atoms with Crippen molar-refractivity contribution < 1.29 is 9.90 Å². The minimum absolute atomic E-state index is 0.135. The van der Waals surface area contributed by atoms with Crippen LogP contribution in [0.3, 0.4) is 0 Å². The van der Waals surface area contributed by atoms with Crippen LogP contribution in [0.15, 0.2) is 12.3 Å². The van der Waals surface area contributed by atoms with Crippen molar-refractivity contribution in [3.63, 3.8) is 0 Å². The summed E-state index contributed by atoms with van der Waals surface area (Å²) in [6.45, 7) is 9.12. The molecule has 0 saturated carbocycles. The lowest BCUT2D eigenvalue weighted by atomic mass is 9.87. The Balaban J connectivity index is 2.70. The lowest BCUT2D eigenvalue weighted by Crippen LogP contribution is -2.24. The molecule has 0 radical (unpaired) electrons. The van der Waals surface area contributed by atoms with Gasteiger partial charge < -0.3 is 10.4 Å². The van der Waals surface area contributed by atoms with Crippen LogP contribution >= 0.6 is 0 Å². The molecule has 4 nitrogen and oxygen atoms in total. The minimum atomic E-state index is -0.929. The largest absolute Gasteiger partial charge is 0.478 e. The molecule has 0 fully saturated rings. The summed E-state index contributed by atoms with van der Waals surface area (Å²) in [4.78, 5) is 15.5. The number of hydrogen-bond donors (Lipinski definition) is 2. The molecule has 1 aromatic heterocycles. The van der Waals surface area contributed by atoms with E-state index >= 15 is 0 Å². The van der Waals surface area contributed by atoms with Gasteiger partial charge in [0.2, 0.25) is 0 Å². The maximum atomic E-state index is 11.3. The zero-order valence-corrected chi connectivity index (χ0v) is 13.0. The number of unbranched alkanes of at least 4 members (excludes halogenated alkanes) is 2. The number of aryl methyl sites for hydroxylation is 1. The zero-order chi connectivity index (χ0) is 15.2. The Hall–Kier alpha value is -1.58. The highest BCUT2D eigenvalue weighted by Crippen LogP contribution is 2.25. The number of nitrogens with zero attached hydrogens (tertiary/aromatic N) is 1. The fraction of sp³-hybridized carbons (Fsp3) is 0.625. The highest BCUT2D eigenvalue weighted by molar-refractivity contribution is 5.94. The first kappa shape index (κ1) is 16.5. The lowest BCUT2D eigenvalue weighted by Gasteiger charge is -2.25. The van der Waals surface area contributed by atoms with Crippen LogP contribution in [0.2, 0.25) is 0 Å². The van der Waals surface area contributed by atoms with Gasteiger partial charge in [0, 0.05) is 12.7 Å². The Morgan fingerprint density at radius 3 is 2.70 bits per heavy atom. The summed E-state index contributed by atoms with van der Waals surface area (Å²) >= 11 is 0. The summed E-state index contributed by atoms with van der Waals surface area (Å²) in [6.07, 6.45) is 6.44. The van der Waals surface area contributed by atoms with Crippen molar-refractivity contribution in [2.75, 3.05) is 11.9 Å². The number of nitrogens with one attached hydrogen (secondary N) is 1. The Morgan fingerprint density at radius 1 is 1.40 bits per heavy atom. The molecule has 0 aliphatic carbocycles. The van der Waals surface area contributed by atoms with E-state index in [1.165, 1.54) is 19.3 Å². The molecule has 0 aliphatic rings. The van der Waals surface area contributed by atoms with Crippen LogP contribution in [0.25, 0.3) is 0 Å². The van der Waals surface area contributed by atoms with Crippen molar-refractivity contribution in [2.24, 2.45) is 5.41 Å². The van der Waals surface area contributed by atoms with E-state index in [4.69, 9.17) is 0 Å². The summed E-state index contributed by atoms with van der Waals surface area (Å²) in [5.74, 6) is -0.456. The van der Waals surface area contributed by atoms with Gasteiger partial charge in [-0.05, 0) is 30.4 Å². The first-order chi connectivity index (χ1) is 9.37. The molecule has 1 heterocycles. The van der Waals surface area contributed by atoms with Crippen molar-refractivity contribution in [1.29, 1.82) is 0 Å². The molecule has 4 heteroatoms. The van der Waals surface area contributed by atoms with Crippen molar-refractivity contribution in [3.05, 3.63) is 23.4 Å². The smallest absolute Gasteiger partial charge is 0.339 e. The molecule has 0 atom stereocenters. The number of pyridine rings is 1. The minimum Gasteiger partial charge on any atom is -0.478 e. The first-order valence-corrected chi connectivity index (χ1v) is 7.30. The zero-order valence-electron chi connectivity index (χ0n) is 13.0. The van der Waals surface area contributed by atoms with Crippen LogP contribution in [0.1, 0.15) is 62.4 Å². The Bertz CT molecular complexity index is 456.